The third-order valence-corrected chi connectivity index (χ3v) is 2.96. The van der Waals surface area contributed by atoms with Gasteiger partial charge >= 0.3 is 5.97 Å². The second-order valence-electron chi connectivity index (χ2n) is 4.25. The summed E-state index contributed by atoms with van der Waals surface area (Å²) in [7, 11) is 0. The van der Waals surface area contributed by atoms with Crippen LogP contribution in [0.4, 0.5) is 0 Å². The molecular formula is C14H16N2O2. The lowest BCUT2D eigenvalue weighted by atomic mass is 10.0. The molecule has 2 aromatic rings. The van der Waals surface area contributed by atoms with E-state index in [1.165, 1.54) is 0 Å². The highest BCUT2D eigenvalue weighted by Gasteiger charge is 2.10. The Morgan fingerprint density at radius 3 is 2.89 bits per heavy atom. The van der Waals surface area contributed by atoms with Crippen LogP contribution >= 0.6 is 0 Å². The van der Waals surface area contributed by atoms with Crippen LogP contribution < -0.4 is 0 Å². The molecule has 94 valence electrons. The van der Waals surface area contributed by atoms with Crippen LogP contribution in [0.3, 0.4) is 0 Å². The van der Waals surface area contributed by atoms with Crippen molar-refractivity contribution in [1.82, 2.24) is 9.78 Å². The molecule has 1 aromatic carbocycles. The zero-order valence-electron chi connectivity index (χ0n) is 10.6. The van der Waals surface area contributed by atoms with Gasteiger partial charge in [0.1, 0.15) is 0 Å². The molecule has 0 aliphatic rings. The fourth-order valence-corrected chi connectivity index (χ4v) is 1.99. The summed E-state index contributed by atoms with van der Waals surface area (Å²) in [6.07, 6.45) is 2.82. The van der Waals surface area contributed by atoms with Gasteiger partial charge in [0.15, 0.2) is 0 Å². The third-order valence-electron chi connectivity index (χ3n) is 2.96. The minimum Gasteiger partial charge on any atom is -0.478 e. The molecule has 0 radical (unpaired) electrons. The number of aryl methyl sites for hydroxylation is 1. The van der Waals surface area contributed by atoms with Crippen molar-refractivity contribution in [3.05, 3.63) is 41.7 Å². The van der Waals surface area contributed by atoms with Crippen LogP contribution in [0.2, 0.25) is 0 Å². The van der Waals surface area contributed by atoms with Gasteiger partial charge in [-0.1, -0.05) is 19.1 Å². The Labute approximate surface area is 106 Å². The molecule has 0 atom stereocenters. The second kappa shape index (κ2) is 5.04. The second-order valence-corrected chi connectivity index (χ2v) is 4.25. The molecule has 0 saturated heterocycles. The van der Waals surface area contributed by atoms with Crippen molar-refractivity contribution in [3.8, 4) is 11.1 Å². The first kappa shape index (κ1) is 12.4. The first-order chi connectivity index (χ1) is 8.63. The van der Waals surface area contributed by atoms with E-state index in [1.807, 2.05) is 17.7 Å². The van der Waals surface area contributed by atoms with Gasteiger partial charge in [-0.2, -0.15) is 5.10 Å². The predicted octanol–water partition coefficient (Wildman–Crippen LogP) is 2.97. The Morgan fingerprint density at radius 1 is 1.44 bits per heavy atom. The number of nitrogens with zero attached hydrogens (tertiary/aromatic N) is 2. The van der Waals surface area contributed by atoms with Gasteiger partial charge in [0.05, 0.1) is 11.8 Å². The van der Waals surface area contributed by atoms with Gasteiger partial charge in [-0.05, 0) is 31.0 Å². The molecule has 18 heavy (non-hydrogen) atoms. The average Bonchev–Trinajstić information content (AvgIpc) is 2.72. The first-order valence-corrected chi connectivity index (χ1v) is 5.99. The van der Waals surface area contributed by atoms with E-state index in [0.717, 1.165) is 29.8 Å². The third kappa shape index (κ3) is 2.27. The van der Waals surface area contributed by atoms with E-state index < -0.39 is 5.97 Å². The predicted molar refractivity (Wildman–Crippen MR) is 69.7 cm³/mol. The Morgan fingerprint density at radius 2 is 2.22 bits per heavy atom. The zero-order chi connectivity index (χ0) is 13.1. The van der Waals surface area contributed by atoms with Crippen LogP contribution in [-0.2, 0) is 6.54 Å². The molecule has 0 fully saturated rings. The standard InChI is InChI=1S/C14H16N2O2/c1-3-7-16-10(2)13(9-15-16)11-5-4-6-12(8-11)14(17)18/h4-6,8-9H,3,7H2,1-2H3,(H,17,18). The largest absolute Gasteiger partial charge is 0.478 e. The maximum absolute atomic E-state index is 11.0. The lowest BCUT2D eigenvalue weighted by molar-refractivity contribution is 0.0697. The molecule has 1 N–H and O–H groups in total. The van der Waals surface area contributed by atoms with E-state index in [1.54, 1.807) is 24.4 Å². The van der Waals surface area contributed by atoms with Gasteiger partial charge in [-0.3, -0.25) is 4.68 Å². The first-order valence-electron chi connectivity index (χ1n) is 5.99. The van der Waals surface area contributed by atoms with E-state index in [9.17, 15) is 4.79 Å². The number of hydrogen-bond acceptors (Lipinski definition) is 2. The SMILES string of the molecule is CCCn1ncc(-c2cccc(C(=O)O)c2)c1C. The molecule has 0 spiro atoms. The number of carboxylic acid groups (broad SMARTS) is 1. The number of benzene rings is 1. The maximum atomic E-state index is 11.0. The summed E-state index contributed by atoms with van der Waals surface area (Å²) in [5, 5.41) is 13.3. The number of rotatable bonds is 4. The number of carbonyl (C=O) groups is 1. The summed E-state index contributed by atoms with van der Waals surface area (Å²) in [5.74, 6) is -0.907. The van der Waals surface area contributed by atoms with E-state index in [2.05, 4.69) is 12.0 Å². The molecule has 2 rings (SSSR count). The Hall–Kier alpha value is -2.10. The molecule has 0 aliphatic carbocycles. The van der Waals surface area contributed by atoms with Gasteiger partial charge in [0.2, 0.25) is 0 Å². The van der Waals surface area contributed by atoms with E-state index >= 15 is 0 Å². The number of carboxylic acids is 1. The van der Waals surface area contributed by atoms with Crippen LogP contribution in [-0.4, -0.2) is 20.9 Å². The lowest BCUT2D eigenvalue weighted by Gasteiger charge is -2.04. The Kier molecular flexibility index (Phi) is 3.46. The van der Waals surface area contributed by atoms with Crippen molar-refractivity contribution in [2.75, 3.05) is 0 Å². The van der Waals surface area contributed by atoms with Crippen molar-refractivity contribution in [3.63, 3.8) is 0 Å². The average molecular weight is 244 g/mol. The van der Waals surface area contributed by atoms with Crippen molar-refractivity contribution >= 4 is 5.97 Å². The highest BCUT2D eigenvalue weighted by Crippen LogP contribution is 2.24. The molecule has 4 nitrogen and oxygen atoms in total. The molecular weight excluding hydrogens is 228 g/mol. The highest BCUT2D eigenvalue weighted by atomic mass is 16.4. The summed E-state index contributed by atoms with van der Waals surface area (Å²) in [5.41, 5.74) is 3.26. The molecule has 4 heteroatoms. The summed E-state index contributed by atoms with van der Waals surface area (Å²) in [6, 6.07) is 6.95. The minimum absolute atomic E-state index is 0.301. The summed E-state index contributed by atoms with van der Waals surface area (Å²) < 4.78 is 1.95. The van der Waals surface area contributed by atoms with Crippen LogP contribution in [0.15, 0.2) is 30.5 Å². The summed E-state index contributed by atoms with van der Waals surface area (Å²) in [4.78, 5) is 11.0. The minimum atomic E-state index is -0.907. The fourth-order valence-electron chi connectivity index (χ4n) is 1.99. The number of hydrogen-bond donors (Lipinski definition) is 1. The van der Waals surface area contributed by atoms with Gasteiger partial charge in [0, 0.05) is 17.8 Å². The van der Waals surface area contributed by atoms with Crippen molar-refractivity contribution in [2.24, 2.45) is 0 Å². The van der Waals surface area contributed by atoms with E-state index in [-0.39, 0.29) is 0 Å². The van der Waals surface area contributed by atoms with Crippen LogP contribution in [0, 0.1) is 6.92 Å². The monoisotopic (exact) mass is 244 g/mol. The lowest BCUT2D eigenvalue weighted by Crippen LogP contribution is -2.01. The summed E-state index contributed by atoms with van der Waals surface area (Å²) in [6.45, 7) is 4.99. The molecule has 0 saturated carbocycles. The molecule has 1 aromatic heterocycles. The van der Waals surface area contributed by atoms with Gasteiger partial charge in [0.25, 0.3) is 0 Å². The Balaban J connectivity index is 2.42. The smallest absolute Gasteiger partial charge is 0.335 e. The van der Waals surface area contributed by atoms with Gasteiger partial charge in [-0.15, -0.1) is 0 Å². The number of aromatic carboxylic acids is 1. The topological polar surface area (TPSA) is 55.1 Å². The molecule has 0 unspecified atom stereocenters. The van der Waals surface area contributed by atoms with Crippen molar-refractivity contribution in [2.45, 2.75) is 26.8 Å². The Bertz CT molecular complexity index is 573. The molecule has 1 heterocycles. The maximum Gasteiger partial charge on any atom is 0.335 e. The van der Waals surface area contributed by atoms with Gasteiger partial charge in [-0.25, -0.2) is 4.79 Å². The normalized spacial score (nSPS) is 10.6. The van der Waals surface area contributed by atoms with Gasteiger partial charge < -0.3 is 5.11 Å². The quantitative estimate of drug-likeness (QED) is 0.899. The summed E-state index contributed by atoms with van der Waals surface area (Å²) >= 11 is 0. The van der Waals surface area contributed by atoms with Crippen LogP contribution in [0.5, 0.6) is 0 Å². The zero-order valence-corrected chi connectivity index (χ0v) is 10.6. The molecule has 0 aliphatic heterocycles. The van der Waals surface area contributed by atoms with Crippen molar-refractivity contribution < 1.29 is 9.90 Å². The number of aromatic nitrogens is 2. The molecule has 0 bridgehead atoms. The van der Waals surface area contributed by atoms with E-state index in [4.69, 9.17) is 5.11 Å². The fraction of sp³-hybridized carbons (Fsp3) is 0.286. The van der Waals surface area contributed by atoms with Crippen LogP contribution in [0.25, 0.3) is 11.1 Å². The van der Waals surface area contributed by atoms with E-state index in [0.29, 0.717) is 5.56 Å². The molecule has 0 amide bonds. The van der Waals surface area contributed by atoms with Crippen molar-refractivity contribution in [1.29, 1.82) is 0 Å². The van der Waals surface area contributed by atoms with Crippen LogP contribution in [0.1, 0.15) is 29.4 Å². The highest BCUT2D eigenvalue weighted by molar-refractivity contribution is 5.89.